The third-order valence-electron chi connectivity index (χ3n) is 1.71. The minimum absolute atomic E-state index is 0.145. The normalized spacial score (nSPS) is 10.4. The molecule has 4 heteroatoms. The molecule has 0 aliphatic rings. The summed E-state index contributed by atoms with van der Waals surface area (Å²) >= 11 is 2.02. The number of nitrogens with one attached hydrogen (secondary N) is 1. The lowest BCUT2D eigenvalue weighted by Gasteiger charge is -2.08. The lowest BCUT2D eigenvalue weighted by molar-refractivity contribution is -0.118. The number of carbonyl (C=O) groups excluding carboxylic acids is 1. The molecule has 14 heavy (non-hydrogen) atoms. The first kappa shape index (κ1) is 11.4. The molecule has 0 bridgehead atoms. The summed E-state index contributed by atoms with van der Waals surface area (Å²) in [5, 5.41) is 2.52. The van der Waals surface area contributed by atoms with Gasteiger partial charge in [-0.1, -0.05) is 13.8 Å². The molecule has 0 aromatic heterocycles. The highest BCUT2D eigenvalue weighted by molar-refractivity contribution is 14.1. The van der Waals surface area contributed by atoms with Crippen molar-refractivity contribution in [3.63, 3.8) is 0 Å². The maximum absolute atomic E-state index is 13.3. The SMILES string of the molecule is CC(C)C(=O)Nc1ccc(I)cc1F. The van der Waals surface area contributed by atoms with E-state index < -0.39 is 5.82 Å². The third kappa shape index (κ3) is 2.94. The fraction of sp³-hybridized carbons (Fsp3) is 0.300. The van der Waals surface area contributed by atoms with Gasteiger partial charge in [-0.25, -0.2) is 4.39 Å². The fourth-order valence-corrected chi connectivity index (χ4v) is 1.32. The topological polar surface area (TPSA) is 29.1 Å². The van der Waals surface area contributed by atoms with E-state index in [1.54, 1.807) is 26.0 Å². The summed E-state index contributed by atoms with van der Waals surface area (Å²) < 4.78 is 14.1. The first-order valence-electron chi connectivity index (χ1n) is 4.26. The number of rotatable bonds is 2. The molecule has 0 aliphatic carbocycles. The number of hydrogen-bond acceptors (Lipinski definition) is 1. The molecule has 0 saturated heterocycles. The Bertz CT molecular complexity index is 352. The Balaban J connectivity index is 2.82. The van der Waals surface area contributed by atoms with Crippen LogP contribution in [-0.2, 0) is 4.79 Å². The Morgan fingerprint density at radius 1 is 1.50 bits per heavy atom. The summed E-state index contributed by atoms with van der Waals surface area (Å²) in [6.07, 6.45) is 0. The zero-order chi connectivity index (χ0) is 10.7. The van der Waals surface area contributed by atoms with Crippen LogP contribution in [-0.4, -0.2) is 5.91 Å². The number of benzene rings is 1. The van der Waals surface area contributed by atoms with Crippen LogP contribution in [0.5, 0.6) is 0 Å². The molecule has 0 fully saturated rings. The van der Waals surface area contributed by atoms with E-state index in [1.807, 2.05) is 22.6 Å². The lowest BCUT2D eigenvalue weighted by Crippen LogP contribution is -2.18. The van der Waals surface area contributed by atoms with Crippen LogP contribution in [0.15, 0.2) is 18.2 Å². The highest BCUT2D eigenvalue weighted by Gasteiger charge is 2.09. The number of amides is 1. The Kier molecular flexibility index (Phi) is 3.86. The zero-order valence-corrected chi connectivity index (χ0v) is 10.1. The van der Waals surface area contributed by atoms with Crippen molar-refractivity contribution in [1.29, 1.82) is 0 Å². The number of carbonyl (C=O) groups is 1. The number of halogens is 2. The molecule has 0 aliphatic heterocycles. The second kappa shape index (κ2) is 4.72. The van der Waals surface area contributed by atoms with Crippen LogP contribution >= 0.6 is 22.6 Å². The van der Waals surface area contributed by atoms with Gasteiger partial charge in [-0.15, -0.1) is 0 Å². The zero-order valence-electron chi connectivity index (χ0n) is 7.97. The Hall–Kier alpha value is -0.650. The van der Waals surface area contributed by atoms with Gasteiger partial charge in [0, 0.05) is 9.49 Å². The predicted octanol–water partition coefficient (Wildman–Crippen LogP) is 3.02. The fourth-order valence-electron chi connectivity index (χ4n) is 0.868. The highest BCUT2D eigenvalue weighted by atomic mass is 127. The van der Waals surface area contributed by atoms with Gasteiger partial charge in [-0.3, -0.25) is 4.79 Å². The molecule has 1 amide bonds. The van der Waals surface area contributed by atoms with E-state index in [0.29, 0.717) is 0 Å². The van der Waals surface area contributed by atoms with E-state index in [1.165, 1.54) is 6.07 Å². The van der Waals surface area contributed by atoms with Crippen LogP contribution in [0.25, 0.3) is 0 Å². The summed E-state index contributed by atoms with van der Waals surface area (Å²) in [5.74, 6) is -0.718. The molecular weight excluding hydrogens is 296 g/mol. The first-order valence-corrected chi connectivity index (χ1v) is 5.34. The van der Waals surface area contributed by atoms with Crippen molar-refractivity contribution in [3.8, 4) is 0 Å². The quantitative estimate of drug-likeness (QED) is 0.836. The van der Waals surface area contributed by atoms with Crippen LogP contribution in [0, 0.1) is 15.3 Å². The third-order valence-corrected chi connectivity index (χ3v) is 2.38. The van der Waals surface area contributed by atoms with E-state index in [2.05, 4.69) is 5.32 Å². The first-order chi connectivity index (χ1) is 6.50. The monoisotopic (exact) mass is 307 g/mol. The molecule has 0 spiro atoms. The average Bonchev–Trinajstić information content (AvgIpc) is 2.09. The molecule has 0 unspecified atom stereocenters. The summed E-state index contributed by atoms with van der Waals surface area (Å²) in [7, 11) is 0. The largest absolute Gasteiger partial charge is 0.323 e. The van der Waals surface area contributed by atoms with Crippen molar-refractivity contribution < 1.29 is 9.18 Å². The second-order valence-corrected chi connectivity index (χ2v) is 4.51. The molecule has 0 radical (unpaired) electrons. The van der Waals surface area contributed by atoms with Crippen LogP contribution in [0.4, 0.5) is 10.1 Å². The lowest BCUT2D eigenvalue weighted by atomic mass is 10.2. The van der Waals surface area contributed by atoms with E-state index in [9.17, 15) is 9.18 Å². The molecule has 0 heterocycles. The van der Waals surface area contributed by atoms with Gasteiger partial charge in [0.15, 0.2) is 0 Å². The molecule has 1 aromatic rings. The minimum Gasteiger partial charge on any atom is -0.323 e. The van der Waals surface area contributed by atoms with Crippen molar-refractivity contribution in [1.82, 2.24) is 0 Å². The minimum atomic E-state index is -0.397. The molecule has 2 nitrogen and oxygen atoms in total. The molecule has 1 N–H and O–H groups in total. The maximum Gasteiger partial charge on any atom is 0.227 e. The molecule has 0 saturated carbocycles. The van der Waals surface area contributed by atoms with Crippen LogP contribution in [0.2, 0.25) is 0 Å². The smallest absolute Gasteiger partial charge is 0.227 e. The standard InChI is InChI=1S/C10H11FINO/c1-6(2)10(14)13-9-4-3-7(12)5-8(9)11/h3-6H,1-2H3,(H,13,14). The molecule has 1 aromatic carbocycles. The van der Waals surface area contributed by atoms with E-state index in [-0.39, 0.29) is 17.5 Å². The number of hydrogen-bond donors (Lipinski definition) is 1. The van der Waals surface area contributed by atoms with E-state index in [0.717, 1.165) is 3.57 Å². The number of anilines is 1. The van der Waals surface area contributed by atoms with Gasteiger partial charge >= 0.3 is 0 Å². The summed E-state index contributed by atoms with van der Waals surface area (Å²) in [6.45, 7) is 3.53. The van der Waals surface area contributed by atoms with Crippen LogP contribution < -0.4 is 5.32 Å². The second-order valence-electron chi connectivity index (χ2n) is 3.27. The van der Waals surface area contributed by atoms with E-state index in [4.69, 9.17) is 0 Å². The van der Waals surface area contributed by atoms with Gasteiger partial charge in [-0.05, 0) is 40.8 Å². The highest BCUT2D eigenvalue weighted by Crippen LogP contribution is 2.17. The molecule has 1 rings (SSSR count). The van der Waals surface area contributed by atoms with Crippen molar-refractivity contribution >= 4 is 34.2 Å². The maximum atomic E-state index is 13.3. The summed E-state index contributed by atoms with van der Waals surface area (Å²) in [5.41, 5.74) is 0.240. The molecule has 0 atom stereocenters. The van der Waals surface area contributed by atoms with Gasteiger partial charge < -0.3 is 5.32 Å². The summed E-state index contributed by atoms with van der Waals surface area (Å²) in [4.78, 5) is 11.3. The van der Waals surface area contributed by atoms with Crippen LogP contribution in [0.3, 0.4) is 0 Å². The summed E-state index contributed by atoms with van der Waals surface area (Å²) in [6, 6.07) is 4.70. The predicted molar refractivity (Wildman–Crippen MR) is 62.6 cm³/mol. The Labute approximate surface area is 96.0 Å². The average molecular weight is 307 g/mol. The van der Waals surface area contributed by atoms with Gasteiger partial charge in [0.2, 0.25) is 5.91 Å². The van der Waals surface area contributed by atoms with Gasteiger partial charge in [0.1, 0.15) is 5.82 Å². The molecular formula is C10H11FINO. The van der Waals surface area contributed by atoms with Crippen molar-refractivity contribution in [2.75, 3.05) is 5.32 Å². The van der Waals surface area contributed by atoms with Crippen molar-refractivity contribution in [2.45, 2.75) is 13.8 Å². The van der Waals surface area contributed by atoms with Crippen LogP contribution in [0.1, 0.15) is 13.8 Å². The van der Waals surface area contributed by atoms with Crippen molar-refractivity contribution in [2.24, 2.45) is 5.92 Å². The van der Waals surface area contributed by atoms with Crippen molar-refractivity contribution in [3.05, 3.63) is 27.6 Å². The van der Waals surface area contributed by atoms with Gasteiger partial charge in [0.25, 0.3) is 0 Å². The van der Waals surface area contributed by atoms with Gasteiger partial charge in [-0.2, -0.15) is 0 Å². The van der Waals surface area contributed by atoms with Gasteiger partial charge in [0.05, 0.1) is 5.69 Å². The Morgan fingerprint density at radius 2 is 2.14 bits per heavy atom. The molecule has 76 valence electrons. The Morgan fingerprint density at radius 3 is 2.64 bits per heavy atom. The van der Waals surface area contributed by atoms with E-state index >= 15 is 0 Å².